The first-order valence-electron chi connectivity index (χ1n) is 5.67. The molecule has 0 aliphatic carbocycles. The molecule has 6 heteroatoms. The van der Waals surface area contributed by atoms with Gasteiger partial charge >= 0.3 is 0 Å². The first kappa shape index (κ1) is 14.0. The predicted octanol–water partition coefficient (Wildman–Crippen LogP) is 2.42. The Kier molecular flexibility index (Phi) is 3.95. The number of carbonyl (C=O) groups excluding carboxylic acids is 1. The molecule has 0 saturated carbocycles. The highest BCUT2D eigenvalue weighted by Crippen LogP contribution is 2.17. The van der Waals surface area contributed by atoms with Gasteiger partial charge in [0.2, 0.25) is 0 Å². The van der Waals surface area contributed by atoms with Gasteiger partial charge in [0.05, 0.1) is 5.69 Å². The van der Waals surface area contributed by atoms with Gasteiger partial charge in [-0.15, -0.1) is 0 Å². The molecule has 0 radical (unpaired) electrons. The fourth-order valence-corrected chi connectivity index (χ4v) is 1.70. The van der Waals surface area contributed by atoms with Crippen LogP contribution in [0.1, 0.15) is 15.9 Å². The van der Waals surface area contributed by atoms with Gasteiger partial charge in [-0.05, 0) is 42.5 Å². The van der Waals surface area contributed by atoms with E-state index in [9.17, 15) is 9.18 Å². The van der Waals surface area contributed by atoms with Crippen LogP contribution in [0.5, 0.6) is 5.75 Å². The molecule has 0 heterocycles. The number of rotatable bonds is 3. The van der Waals surface area contributed by atoms with Crippen molar-refractivity contribution < 1.29 is 14.3 Å². The van der Waals surface area contributed by atoms with Crippen LogP contribution in [-0.2, 0) is 0 Å². The lowest BCUT2D eigenvalue weighted by Crippen LogP contribution is -2.14. The number of halogens is 1. The zero-order valence-electron chi connectivity index (χ0n) is 10.3. The number of thiocarbonyl (C=S) groups is 1. The molecule has 0 aliphatic rings. The molecule has 20 heavy (non-hydrogen) atoms. The zero-order chi connectivity index (χ0) is 14.7. The standard InChI is InChI=1S/C14H11FN2O2S/c15-11-7-9(13(16)20)3-6-12(11)17-14(19)8-1-4-10(18)5-2-8/h1-7,18H,(H2,16,20)(H,17,19). The van der Waals surface area contributed by atoms with E-state index in [4.69, 9.17) is 23.1 Å². The first-order chi connectivity index (χ1) is 9.47. The lowest BCUT2D eigenvalue weighted by atomic mass is 10.1. The van der Waals surface area contributed by atoms with Crippen LogP contribution in [0.3, 0.4) is 0 Å². The predicted molar refractivity (Wildman–Crippen MR) is 78.3 cm³/mol. The van der Waals surface area contributed by atoms with Crippen LogP contribution in [0, 0.1) is 5.82 Å². The summed E-state index contributed by atoms with van der Waals surface area (Å²) in [5, 5.41) is 11.6. The maximum atomic E-state index is 13.8. The Bertz CT molecular complexity index is 671. The van der Waals surface area contributed by atoms with E-state index in [2.05, 4.69) is 5.32 Å². The van der Waals surface area contributed by atoms with Crippen molar-refractivity contribution in [3.05, 3.63) is 59.4 Å². The van der Waals surface area contributed by atoms with Crippen LogP contribution in [0.2, 0.25) is 0 Å². The Morgan fingerprint density at radius 2 is 1.75 bits per heavy atom. The number of hydrogen-bond acceptors (Lipinski definition) is 3. The minimum absolute atomic E-state index is 0.0306. The zero-order valence-corrected chi connectivity index (χ0v) is 11.1. The minimum Gasteiger partial charge on any atom is -0.508 e. The van der Waals surface area contributed by atoms with Gasteiger partial charge in [-0.1, -0.05) is 12.2 Å². The lowest BCUT2D eigenvalue weighted by Gasteiger charge is -2.08. The van der Waals surface area contributed by atoms with Gasteiger partial charge in [0.25, 0.3) is 5.91 Å². The molecule has 0 spiro atoms. The molecule has 0 atom stereocenters. The molecule has 102 valence electrons. The molecule has 0 bridgehead atoms. The number of hydrogen-bond donors (Lipinski definition) is 3. The Hall–Kier alpha value is -2.47. The van der Waals surface area contributed by atoms with Crippen molar-refractivity contribution in [2.75, 3.05) is 5.32 Å². The first-order valence-corrected chi connectivity index (χ1v) is 6.08. The van der Waals surface area contributed by atoms with Gasteiger partial charge in [-0.25, -0.2) is 4.39 Å². The molecule has 4 nitrogen and oxygen atoms in total. The molecule has 1 amide bonds. The van der Waals surface area contributed by atoms with E-state index < -0.39 is 11.7 Å². The number of aromatic hydroxyl groups is 1. The van der Waals surface area contributed by atoms with Crippen molar-refractivity contribution in [2.45, 2.75) is 0 Å². The number of phenolic OH excluding ortho intramolecular Hbond substituents is 1. The van der Waals surface area contributed by atoms with Crippen molar-refractivity contribution in [3.8, 4) is 5.75 Å². The fraction of sp³-hybridized carbons (Fsp3) is 0. The van der Waals surface area contributed by atoms with E-state index in [0.717, 1.165) is 6.07 Å². The molecule has 0 saturated heterocycles. The van der Waals surface area contributed by atoms with E-state index >= 15 is 0 Å². The van der Waals surface area contributed by atoms with Crippen molar-refractivity contribution in [1.82, 2.24) is 0 Å². The number of carbonyl (C=O) groups is 1. The number of nitrogens with one attached hydrogen (secondary N) is 1. The van der Waals surface area contributed by atoms with Gasteiger partial charge in [0.1, 0.15) is 16.6 Å². The Balaban J connectivity index is 2.19. The molecule has 4 N–H and O–H groups in total. The Morgan fingerprint density at radius 1 is 1.15 bits per heavy atom. The third kappa shape index (κ3) is 3.10. The summed E-state index contributed by atoms with van der Waals surface area (Å²) in [7, 11) is 0. The minimum atomic E-state index is -0.623. The van der Waals surface area contributed by atoms with E-state index in [0.29, 0.717) is 11.1 Å². The maximum absolute atomic E-state index is 13.8. The summed E-state index contributed by atoms with van der Waals surface area (Å²) in [5.41, 5.74) is 6.12. The molecule has 2 aromatic carbocycles. The summed E-state index contributed by atoms with van der Waals surface area (Å²) < 4.78 is 13.8. The summed E-state index contributed by atoms with van der Waals surface area (Å²) in [6.07, 6.45) is 0. The highest BCUT2D eigenvalue weighted by Gasteiger charge is 2.10. The lowest BCUT2D eigenvalue weighted by molar-refractivity contribution is 0.102. The SMILES string of the molecule is NC(=S)c1ccc(NC(=O)c2ccc(O)cc2)c(F)c1. The van der Waals surface area contributed by atoms with Gasteiger partial charge in [0, 0.05) is 11.1 Å². The van der Waals surface area contributed by atoms with Crippen molar-refractivity contribution in [2.24, 2.45) is 5.73 Å². The highest BCUT2D eigenvalue weighted by molar-refractivity contribution is 7.80. The second-order valence-electron chi connectivity index (χ2n) is 4.06. The van der Waals surface area contributed by atoms with Crippen LogP contribution in [0.25, 0.3) is 0 Å². The Morgan fingerprint density at radius 3 is 2.30 bits per heavy atom. The number of benzene rings is 2. The monoisotopic (exact) mass is 290 g/mol. The molecular formula is C14H11FN2O2S. The van der Waals surface area contributed by atoms with Gasteiger partial charge in [-0.2, -0.15) is 0 Å². The smallest absolute Gasteiger partial charge is 0.255 e. The highest BCUT2D eigenvalue weighted by atomic mass is 32.1. The molecule has 0 unspecified atom stereocenters. The van der Waals surface area contributed by atoms with E-state index in [1.165, 1.54) is 36.4 Å². The Labute approximate surface area is 120 Å². The second kappa shape index (κ2) is 5.66. The quantitative estimate of drug-likeness (QED) is 0.759. The summed E-state index contributed by atoms with van der Waals surface area (Å²) in [6, 6.07) is 9.70. The average Bonchev–Trinajstić information content (AvgIpc) is 2.41. The van der Waals surface area contributed by atoms with E-state index in [-0.39, 0.29) is 16.4 Å². The van der Waals surface area contributed by atoms with Crippen LogP contribution in [-0.4, -0.2) is 16.0 Å². The fourth-order valence-electron chi connectivity index (χ4n) is 1.58. The largest absolute Gasteiger partial charge is 0.508 e. The number of phenols is 1. The van der Waals surface area contributed by atoms with Crippen molar-refractivity contribution in [3.63, 3.8) is 0 Å². The van der Waals surface area contributed by atoms with E-state index in [1.54, 1.807) is 0 Å². The van der Waals surface area contributed by atoms with Crippen LogP contribution < -0.4 is 11.1 Å². The number of amides is 1. The second-order valence-corrected chi connectivity index (χ2v) is 4.50. The molecule has 0 aromatic heterocycles. The van der Waals surface area contributed by atoms with E-state index in [1.807, 2.05) is 0 Å². The van der Waals surface area contributed by atoms with Gasteiger partial charge in [-0.3, -0.25) is 4.79 Å². The molecule has 0 fully saturated rings. The maximum Gasteiger partial charge on any atom is 0.255 e. The van der Waals surface area contributed by atoms with Crippen molar-refractivity contribution in [1.29, 1.82) is 0 Å². The summed E-state index contributed by atoms with van der Waals surface area (Å²) in [5.74, 6) is -1.05. The summed E-state index contributed by atoms with van der Waals surface area (Å²) in [6.45, 7) is 0. The number of nitrogens with two attached hydrogens (primary N) is 1. The topological polar surface area (TPSA) is 75.3 Å². The summed E-state index contributed by atoms with van der Waals surface area (Å²) >= 11 is 4.74. The molecular weight excluding hydrogens is 279 g/mol. The van der Waals surface area contributed by atoms with Crippen LogP contribution in [0.15, 0.2) is 42.5 Å². The molecule has 2 aromatic rings. The third-order valence-corrected chi connectivity index (χ3v) is 2.87. The van der Waals surface area contributed by atoms with Crippen LogP contribution in [0.4, 0.5) is 10.1 Å². The van der Waals surface area contributed by atoms with Gasteiger partial charge < -0.3 is 16.2 Å². The third-order valence-electron chi connectivity index (χ3n) is 2.63. The van der Waals surface area contributed by atoms with Crippen LogP contribution >= 0.6 is 12.2 Å². The molecule has 2 rings (SSSR count). The van der Waals surface area contributed by atoms with Crippen molar-refractivity contribution >= 4 is 28.8 Å². The average molecular weight is 290 g/mol. The molecule has 0 aliphatic heterocycles. The summed E-state index contributed by atoms with van der Waals surface area (Å²) in [4.78, 5) is 12.0. The number of anilines is 1. The normalized spacial score (nSPS) is 10.1. The van der Waals surface area contributed by atoms with Gasteiger partial charge in [0.15, 0.2) is 0 Å².